The van der Waals surface area contributed by atoms with Crippen molar-refractivity contribution in [3.8, 4) is 0 Å². The second-order valence-corrected chi connectivity index (χ2v) is 7.14. The van der Waals surface area contributed by atoms with Crippen molar-refractivity contribution in [1.29, 1.82) is 0 Å². The average Bonchev–Trinajstić information content (AvgIpc) is 3.06. The minimum absolute atomic E-state index is 0.107. The Kier molecular flexibility index (Phi) is 5.56. The number of hydrogen-bond donors (Lipinski definition) is 2. The molecule has 1 aliphatic heterocycles. The number of halogens is 1. The minimum Gasteiger partial charge on any atom is -0.376 e. The maximum absolute atomic E-state index is 11.9. The third-order valence-electron chi connectivity index (χ3n) is 3.07. The fraction of sp³-hybridized carbons (Fsp3) is 0.538. The van der Waals surface area contributed by atoms with Gasteiger partial charge in [-0.05, 0) is 47.8 Å². The molecule has 0 spiro atoms. The number of ether oxygens (including phenoxy) is 1. The van der Waals surface area contributed by atoms with E-state index in [-0.39, 0.29) is 17.9 Å². The number of carbonyl (C=O) groups is 2. The van der Waals surface area contributed by atoms with Crippen LogP contribution in [-0.4, -0.2) is 37.1 Å². The molecule has 2 atom stereocenters. The Morgan fingerprint density at radius 2 is 2.35 bits per heavy atom. The zero-order chi connectivity index (χ0) is 14.5. The predicted molar refractivity (Wildman–Crippen MR) is 80.9 cm³/mol. The molecule has 1 fully saturated rings. The highest BCUT2D eigenvalue weighted by molar-refractivity contribution is 9.11. The molecule has 0 aromatic carbocycles. The molecule has 1 aromatic heterocycles. The number of hydrogen-bond acceptors (Lipinski definition) is 4. The topological polar surface area (TPSA) is 67.4 Å². The van der Waals surface area contributed by atoms with Gasteiger partial charge >= 0.3 is 0 Å². The van der Waals surface area contributed by atoms with Gasteiger partial charge in [-0.2, -0.15) is 0 Å². The molecule has 0 radical (unpaired) electrons. The molecule has 5 nitrogen and oxygen atoms in total. The van der Waals surface area contributed by atoms with E-state index in [1.165, 1.54) is 11.3 Å². The zero-order valence-corrected chi connectivity index (χ0v) is 13.6. The molecule has 0 bridgehead atoms. The number of amides is 2. The van der Waals surface area contributed by atoms with Crippen LogP contribution >= 0.6 is 27.3 Å². The van der Waals surface area contributed by atoms with E-state index in [0.717, 1.165) is 23.2 Å². The van der Waals surface area contributed by atoms with Gasteiger partial charge in [-0.3, -0.25) is 9.59 Å². The molecule has 7 heteroatoms. The highest BCUT2D eigenvalue weighted by atomic mass is 79.9. The zero-order valence-electron chi connectivity index (χ0n) is 11.1. The van der Waals surface area contributed by atoms with E-state index in [2.05, 4.69) is 26.6 Å². The van der Waals surface area contributed by atoms with Gasteiger partial charge in [0.2, 0.25) is 5.91 Å². The smallest absolute Gasteiger partial charge is 0.262 e. The van der Waals surface area contributed by atoms with Crippen LogP contribution < -0.4 is 10.6 Å². The molecule has 20 heavy (non-hydrogen) atoms. The highest BCUT2D eigenvalue weighted by Gasteiger charge is 2.20. The van der Waals surface area contributed by atoms with Crippen molar-refractivity contribution in [2.24, 2.45) is 0 Å². The van der Waals surface area contributed by atoms with Crippen molar-refractivity contribution in [2.75, 3.05) is 13.2 Å². The van der Waals surface area contributed by atoms with E-state index in [1.54, 1.807) is 13.0 Å². The summed E-state index contributed by atoms with van der Waals surface area (Å²) in [6.45, 7) is 2.94. The van der Waals surface area contributed by atoms with Crippen molar-refractivity contribution in [2.45, 2.75) is 31.9 Å². The maximum atomic E-state index is 11.9. The summed E-state index contributed by atoms with van der Waals surface area (Å²) in [5.74, 6) is -0.426. The second-order valence-electron chi connectivity index (χ2n) is 4.68. The Labute approximate surface area is 130 Å². The van der Waals surface area contributed by atoms with Crippen LogP contribution in [0.2, 0.25) is 0 Å². The number of rotatable bonds is 5. The lowest BCUT2D eigenvalue weighted by Gasteiger charge is -2.15. The van der Waals surface area contributed by atoms with Crippen LogP contribution in [-0.2, 0) is 9.53 Å². The monoisotopic (exact) mass is 360 g/mol. The standard InChI is InChI=1S/C13H17BrN2O3S/c1-8(12(17)15-7-9-3-2-6-19-9)16-13(18)10-4-5-11(14)20-10/h4-5,8-9H,2-3,6-7H2,1H3,(H,15,17)(H,16,18)/t8-,9-/m1/s1. The van der Waals surface area contributed by atoms with Crippen molar-refractivity contribution in [3.63, 3.8) is 0 Å². The van der Waals surface area contributed by atoms with E-state index in [4.69, 9.17) is 4.74 Å². The number of nitrogens with one attached hydrogen (secondary N) is 2. The van der Waals surface area contributed by atoms with Crippen LogP contribution in [0, 0.1) is 0 Å². The first-order chi connectivity index (χ1) is 9.56. The fourth-order valence-electron chi connectivity index (χ4n) is 1.94. The first-order valence-corrected chi connectivity index (χ1v) is 8.12. The fourth-order valence-corrected chi connectivity index (χ4v) is 3.23. The van der Waals surface area contributed by atoms with Crippen LogP contribution in [0.4, 0.5) is 0 Å². The summed E-state index contributed by atoms with van der Waals surface area (Å²) >= 11 is 4.64. The largest absolute Gasteiger partial charge is 0.376 e. The molecule has 1 aliphatic rings. The molecule has 1 aromatic rings. The summed E-state index contributed by atoms with van der Waals surface area (Å²) in [5.41, 5.74) is 0. The molecule has 2 heterocycles. The Balaban J connectivity index is 1.76. The van der Waals surface area contributed by atoms with Gasteiger partial charge in [0.05, 0.1) is 14.8 Å². The van der Waals surface area contributed by atoms with Gasteiger partial charge in [-0.25, -0.2) is 0 Å². The molecular weight excluding hydrogens is 344 g/mol. The van der Waals surface area contributed by atoms with Crippen LogP contribution in [0.3, 0.4) is 0 Å². The Bertz CT molecular complexity index is 486. The van der Waals surface area contributed by atoms with Crippen LogP contribution in [0.5, 0.6) is 0 Å². The first kappa shape index (κ1) is 15.5. The summed E-state index contributed by atoms with van der Waals surface area (Å²) in [4.78, 5) is 24.4. The molecule has 1 saturated heterocycles. The summed E-state index contributed by atoms with van der Waals surface area (Å²) in [5, 5.41) is 5.48. The molecule has 0 unspecified atom stereocenters. The molecule has 0 aliphatic carbocycles. The van der Waals surface area contributed by atoms with E-state index >= 15 is 0 Å². The summed E-state index contributed by atoms with van der Waals surface area (Å²) in [6, 6.07) is 2.97. The Morgan fingerprint density at radius 3 is 2.95 bits per heavy atom. The lowest BCUT2D eigenvalue weighted by Crippen LogP contribution is -2.46. The molecule has 110 valence electrons. The van der Waals surface area contributed by atoms with Gasteiger partial charge in [0, 0.05) is 13.2 Å². The second kappa shape index (κ2) is 7.19. The Morgan fingerprint density at radius 1 is 1.55 bits per heavy atom. The van der Waals surface area contributed by atoms with Crippen molar-refractivity contribution >= 4 is 39.1 Å². The Hall–Kier alpha value is -0.920. The van der Waals surface area contributed by atoms with Crippen molar-refractivity contribution < 1.29 is 14.3 Å². The lowest BCUT2D eigenvalue weighted by atomic mass is 10.2. The van der Waals surface area contributed by atoms with Gasteiger partial charge in [0.25, 0.3) is 5.91 Å². The third kappa shape index (κ3) is 4.29. The lowest BCUT2D eigenvalue weighted by molar-refractivity contribution is -0.123. The third-order valence-corrected chi connectivity index (χ3v) is 4.69. The molecule has 2 rings (SSSR count). The van der Waals surface area contributed by atoms with E-state index in [9.17, 15) is 9.59 Å². The highest BCUT2D eigenvalue weighted by Crippen LogP contribution is 2.21. The van der Waals surface area contributed by atoms with Gasteiger partial charge in [0.1, 0.15) is 6.04 Å². The van der Waals surface area contributed by atoms with Gasteiger partial charge in [0.15, 0.2) is 0 Å². The maximum Gasteiger partial charge on any atom is 0.262 e. The van der Waals surface area contributed by atoms with E-state index in [1.807, 2.05) is 6.07 Å². The predicted octanol–water partition coefficient (Wildman–Crippen LogP) is 1.92. The van der Waals surface area contributed by atoms with Crippen LogP contribution in [0.1, 0.15) is 29.4 Å². The summed E-state index contributed by atoms with van der Waals surface area (Å²) < 4.78 is 6.32. The first-order valence-electron chi connectivity index (χ1n) is 6.52. The summed E-state index contributed by atoms with van der Waals surface area (Å²) in [6.07, 6.45) is 2.12. The molecule has 2 amide bonds. The van der Waals surface area contributed by atoms with E-state index < -0.39 is 6.04 Å². The average molecular weight is 361 g/mol. The number of thiophene rings is 1. The van der Waals surface area contributed by atoms with Crippen molar-refractivity contribution in [3.05, 3.63) is 20.8 Å². The normalized spacial score (nSPS) is 19.6. The van der Waals surface area contributed by atoms with Crippen LogP contribution in [0.15, 0.2) is 15.9 Å². The van der Waals surface area contributed by atoms with Crippen LogP contribution in [0.25, 0.3) is 0 Å². The molecule has 2 N–H and O–H groups in total. The SMILES string of the molecule is C[C@@H](NC(=O)c1ccc(Br)s1)C(=O)NC[C@H]1CCCO1. The van der Waals surface area contributed by atoms with Gasteiger partial charge in [-0.15, -0.1) is 11.3 Å². The summed E-state index contributed by atoms with van der Waals surface area (Å²) in [7, 11) is 0. The van der Waals surface area contributed by atoms with Crippen molar-refractivity contribution in [1.82, 2.24) is 10.6 Å². The van der Waals surface area contributed by atoms with Gasteiger partial charge < -0.3 is 15.4 Å². The number of carbonyl (C=O) groups excluding carboxylic acids is 2. The molecular formula is C13H17BrN2O3S. The molecule has 0 saturated carbocycles. The quantitative estimate of drug-likeness (QED) is 0.842. The van der Waals surface area contributed by atoms with Gasteiger partial charge in [-0.1, -0.05) is 0 Å². The van der Waals surface area contributed by atoms with E-state index in [0.29, 0.717) is 11.4 Å². The minimum atomic E-state index is -0.565.